The van der Waals surface area contributed by atoms with E-state index >= 15 is 0 Å². The van der Waals surface area contributed by atoms with Crippen LogP contribution < -0.4 is 0 Å². The van der Waals surface area contributed by atoms with E-state index in [1.165, 1.54) is 5.56 Å². The summed E-state index contributed by atoms with van der Waals surface area (Å²) >= 11 is 0. The van der Waals surface area contributed by atoms with Gasteiger partial charge >= 0.3 is 0 Å². The van der Waals surface area contributed by atoms with Gasteiger partial charge in [0.1, 0.15) is 18.0 Å². The molecule has 0 aliphatic heterocycles. The van der Waals surface area contributed by atoms with Crippen molar-refractivity contribution in [3.63, 3.8) is 0 Å². The van der Waals surface area contributed by atoms with Crippen LogP contribution in [-0.4, -0.2) is 26.5 Å². The number of hydrogen-bond donors (Lipinski definition) is 1. The van der Waals surface area contributed by atoms with Gasteiger partial charge in [-0.15, -0.1) is 10.2 Å². The summed E-state index contributed by atoms with van der Waals surface area (Å²) in [6.45, 7) is 0.338. The molecule has 1 aliphatic rings. The number of phenols is 1. The van der Waals surface area contributed by atoms with E-state index in [-0.39, 0.29) is 5.75 Å². The minimum Gasteiger partial charge on any atom is -0.507 e. The number of aromatic hydroxyl groups is 1. The molecule has 0 saturated heterocycles. The number of para-hydroxylation sites is 1. The van der Waals surface area contributed by atoms with E-state index < -0.39 is 0 Å². The fraction of sp³-hybridized carbons (Fsp3) is 0.111. The van der Waals surface area contributed by atoms with Crippen molar-refractivity contribution < 1.29 is 5.11 Å². The summed E-state index contributed by atoms with van der Waals surface area (Å²) in [5.41, 5.74) is 4.85. The molecule has 5 nitrogen and oxygen atoms in total. The maximum absolute atomic E-state index is 9.70. The molecular formula is C18H14N4O. The Morgan fingerprint density at radius 2 is 1.87 bits per heavy atom. The van der Waals surface area contributed by atoms with Crippen LogP contribution in [0.2, 0.25) is 0 Å². The van der Waals surface area contributed by atoms with Crippen LogP contribution in [0.4, 0.5) is 0 Å². The molecule has 3 aromatic rings. The molecule has 0 saturated carbocycles. The molecule has 1 aliphatic carbocycles. The van der Waals surface area contributed by atoms with Gasteiger partial charge in [0.05, 0.1) is 5.69 Å². The third-order valence-corrected chi connectivity index (χ3v) is 3.83. The van der Waals surface area contributed by atoms with Crippen LogP contribution >= 0.6 is 0 Å². The molecule has 0 spiro atoms. The van der Waals surface area contributed by atoms with Gasteiger partial charge in [-0.2, -0.15) is 0 Å². The van der Waals surface area contributed by atoms with Crippen molar-refractivity contribution in [2.24, 2.45) is 4.99 Å². The average molecular weight is 302 g/mol. The van der Waals surface area contributed by atoms with E-state index in [0.29, 0.717) is 17.9 Å². The van der Waals surface area contributed by atoms with Gasteiger partial charge in [-0.25, -0.2) is 4.98 Å². The molecule has 0 fully saturated rings. The van der Waals surface area contributed by atoms with E-state index in [9.17, 15) is 5.11 Å². The van der Waals surface area contributed by atoms with Gasteiger partial charge < -0.3 is 5.11 Å². The summed E-state index contributed by atoms with van der Waals surface area (Å²) in [4.78, 5) is 8.87. The lowest BCUT2D eigenvalue weighted by atomic mass is 10.1. The van der Waals surface area contributed by atoms with Gasteiger partial charge in [0.2, 0.25) is 0 Å². The van der Waals surface area contributed by atoms with Crippen molar-refractivity contribution >= 4 is 6.21 Å². The van der Waals surface area contributed by atoms with E-state index in [1.807, 2.05) is 24.3 Å². The third kappa shape index (κ3) is 2.57. The number of hydrogen-bond acceptors (Lipinski definition) is 5. The second-order valence-electron chi connectivity index (χ2n) is 5.39. The summed E-state index contributed by atoms with van der Waals surface area (Å²) in [6, 6.07) is 15.2. The molecule has 23 heavy (non-hydrogen) atoms. The van der Waals surface area contributed by atoms with E-state index in [2.05, 4.69) is 26.2 Å². The summed E-state index contributed by atoms with van der Waals surface area (Å²) < 4.78 is 0. The van der Waals surface area contributed by atoms with E-state index in [1.54, 1.807) is 24.4 Å². The molecule has 0 bridgehead atoms. The van der Waals surface area contributed by atoms with Crippen molar-refractivity contribution in [2.75, 3.05) is 0 Å². The Labute approximate surface area is 133 Å². The number of phenolic OH excluding ortho intramolecular Hbond substituents is 1. The number of nitrogens with zero attached hydrogens (tertiary/aromatic N) is 4. The first kappa shape index (κ1) is 13.6. The minimum atomic E-state index is 0.208. The fourth-order valence-corrected chi connectivity index (χ4v) is 2.70. The second-order valence-corrected chi connectivity index (χ2v) is 5.39. The van der Waals surface area contributed by atoms with Gasteiger partial charge in [-0.3, -0.25) is 4.99 Å². The Hall–Kier alpha value is -3.08. The lowest BCUT2D eigenvalue weighted by Crippen LogP contribution is -2.01. The van der Waals surface area contributed by atoms with Crippen LogP contribution in [0.5, 0.6) is 5.75 Å². The van der Waals surface area contributed by atoms with Crippen LogP contribution in [0.25, 0.3) is 11.3 Å². The Bertz CT molecular complexity index is 905. The lowest BCUT2D eigenvalue weighted by molar-refractivity contribution is 0.474. The maximum atomic E-state index is 9.70. The first-order valence-electron chi connectivity index (χ1n) is 7.40. The lowest BCUT2D eigenvalue weighted by Gasteiger charge is -2.00. The maximum Gasteiger partial charge on any atom is 0.172 e. The highest BCUT2D eigenvalue weighted by molar-refractivity contribution is 5.83. The van der Waals surface area contributed by atoms with E-state index in [0.717, 1.165) is 23.4 Å². The molecule has 4 rings (SSSR count). The summed E-state index contributed by atoms with van der Waals surface area (Å²) in [5, 5.41) is 18.2. The molecule has 1 aromatic heterocycles. The van der Waals surface area contributed by atoms with Crippen molar-refractivity contribution in [1.29, 1.82) is 0 Å². The molecular weight excluding hydrogens is 288 g/mol. The van der Waals surface area contributed by atoms with Gasteiger partial charge in [0.15, 0.2) is 5.82 Å². The van der Waals surface area contributed by atoms with Gasteiger partial charge in [0, 0.05) is 23.8 Å². The zero-order chi connectivity index (χ0) is 15.6. The van der Waals surface area contributed by atoms with Crippen LogP contribution in [0.15, 0.2) is 53.5 Å². The average Bonchev–Trinajstić information content (AvgIpc) is 2.94. The largest absolute Gasteiger partial charge is 0.507 e. The summed E-state index contributed by atoms with van der Waals surface area (Å²) in [5.74, 6) is 0.794. The number of benzene rings is 2. The highest BCUT2D eigenvalue weighted by Gasteiger charge is 2.21. The predicted octanol–water partition coefficient (Wildman–Crippen LogP) is 2.77. The quantitative estimate of drug-likeness (QED) is 0.591. The molecule has 0 unspecified atom stereocenters. The Balaban J connectivity index is 1.54. The summed E-state index contributed by atoms with van der Waals surface area (Å²) in [7, 11) is 0. The number of fused-ring (bicyclic) bond motifs is 3. The highest BCUT2D eigenvalue weighted by Crippen LogP contribution is 2.32. The molecule has 1 heterocycles. The summed E-state index contributed by atoms with van der Waals surface area (Å²) in [6.07, 6.45) is 2.41. The zero-order valence-electron chi connectivity index (χ0n) is 12.3. The van der Waals surface area contributed by atoms with Crippen molar-refractivity contribution in [1.82, 2.24) is 15.2 Å². The fourth-order valence-electron chi connectivity index (χ4n) is 2.70. The number of rotatable bonds is 3. The van der Waals surface area contributed by atoms with Crippen LogP contribution in [0.1, 0.15) is 22.6 Å². The first-order chi connectivity index (χ1) is 11.3. The van der Waals surface area contributed by atoms with Gasteiger partial charge in [-0.05, 0) is 17.7 Å². The number of aliphatic imine (C=N–C) groups is 1. The first-order valence-corrected chi connectivity index (χ1v) is 7.40. The second kappa shape index (κ2) is 5.61. The normalized spacial score (nSPS) is 12.3. The van der Waals surface area contributed by atoms with Crippen molar-refractivity contribution in [2.45, 2.75) is 13.0 Å². The molecule has 0 atom stereocenters. The molecule has 112 valence electrons. The Morgan fingerprint density at radius 3 is 2.78 bits per heavy atom. The van der Waals surface area contributed by atoms with Gasteiger partial charge in [-0.1, -0.05) is 36.4 Å². The standard InChI is InChI=1S/C18H14N4O/c23-16-8-4-2-6-13(16)10-19-11-17-20-15-9-12-5-1-3-7-14(12)18(15)22-21-17/h1-8,10,23H,9,11H2. The molecule has 0 amide bonds. The minimum absolute atomic E-state index is 0.208. The van der Waals surface area contributed by atoms with Crippen LogP contribution in [0, 0.1) is 0 Å². The van der Waals surface area contributed by atoms with Gasteiger partial charge in [0.25, 0.3) is 0 Å². The Kier molecular flexibility index (Phi) is 3.31. The SMILES string of the molecule is Oc1ccccc1C=NCc1nnc2c(n1)Cc1ccccc1-2. The topological polar surface area (TPSA) is 71.3 Å². The number of aromatic nitrogens is 3. The predicted molar refractivity (Wildman–Crippen MR) is 87.5 cm³/mol. The van der Waals surface area contributed by atoms with Crippen LogP contribution in [0.3, 0.4) is 0 Å². The molecule has 5 heteroatoms. The monoisotopic (exact) mass is 302 g/mol. The smallest absolute Gasteiger partial charge is 0.172 e. The highest BCUT2D eigenvalue weighted by atomic mass is 16.3. The Morgan fingerprint density at radius 1 is 1.04 bits per heavy atom. The molecule has 2 aromatic carbocycles. The van der Waals surface area contributed by atoms with Crippen molar-refractivity contribution in [3.8, 4) is 17.0 Å². The zero-order valence-corrected chi connectivity index (χ0v) is 12.3. The third-order valence-electron chi connectivity index (χ3n) is 3.83. The molecule has 1 N–H and O–H groups in total. The van der Waals surface area contributed by atoms with Crippen LogP contribution in [-0.2, 0) is 13.0 Å². The molecule has 0 radical (unpaired) electrons. The van der Waals surface area contributed by atoms with E-state index in [4.69, 9.17) is 0 Å². The van der Waals surface area contributed by atoms with Crippen molar-refractivity contribution in [3.05, 3.63) is 71.2 Å².